The zero-order valence-corrected chi connectivity index (χ0v) is 10.4. The molecule has 0 aliphatic heterocycles. The largest absolute Gasteiger partial charge is 0.346 e. The molecule has 1 heterocycles. The fourth-order valence-corrected chi connectivity index (χ4v) is 2.05. The third-order valence-electron chi connectivity index (χ3n) is 2.44. The summed E-state index contributed by atoms with van der Waals surface area (Å²) in [6.07, 6.45) is 2.49. The van der Waals surface area contributed by atoms with Gasteiger partial charge in [0, 0.05) is 10.6 Å². The Balaban J connectivity index is 2.60. The fourth-order valence-electron chi connectivity index (χ4n) is 1.63. The van der Waals surface area contributed by atoms with Crippen molar-refractivity contribution in [1.29, 1.82) is 0 Å². The van der Waals surface area contributed by atoms with Crippen LogP contribution in [0.3, 0.4) is 0 Å². The van der Waals surface area contributed by atoms with Gasteiger partial charge in [-0.1, -0.05) is 42.9 Å². The third kappa shape index (κ3) is 2.15. The van der Waals surface area contributed by atoms with E-state index in [9.17, 15) is 0 Å². The number of benzene rings is 1. The molecule has 2 rings (SSSR count). The summed E-state index contributed by atoms with van der Waals surface area (Å²) in [6.45, 7) is 2.07. The van der Waals surface area contributed by atoms with Crippen molar-refractivity contribution in [1.82, 2.24) is 9.97 Å². The molecule has 0 spiro atoms. The second kappa shape index (κ2) is 4.76. The van der Waals surface area contributed by atoms with Crippen LogP contribution in [0.2, 0.25) is 5.02 Å². The topological polar surface area (TPSA) is 28.7 Å². The first kappa shape index (κ1) is 11.3. The predicted molar refractivity (Wildman–Crippen MR) is 69.2 cm³/mol. The highest BCUT2D eigenvalue weighted by Gasteiger charge is 2.05. The van der Waals surface area contributed by atoms with E-state index in [1.807, 2.05) is 24.3 Å². The number of rotatable bonds is 2. The van der Waals surface area contributed by atoms with Gasteiger partial charge in [0.1, 0.15) is 4.64 Å². The molecule has 0 fully saturated rings. The molecule has 2 aromatic rings. The van der Waals surface area contributed by atoms with Crippen LogP contribution < -0.4 is 0 Å². The molecule has 0 bridgehead atoms. The molecule has 0 atom stereocenters. The van der Waals surface area contributed by atoms with E-state index in [0.29, 0.717) is 4.64 Å². The summed E-state index contributed by atoms with van der Waals surface area (Å²) in [5.41, 5.74) is 3.17. The Kier molecular flexibility index (Phi) is 3.36. The van der Waals surface area contributed by atoms with Gasteiger partial charge in [0.05, 0.1) is 12.0 Å². The molecule has 1 aromatic heterocycles. The smallest absolute Gasteiger partial charge is 0.133 e. The summed E-state index contributed by atoms with van der Waals surface area (Å²) in [6, 6.07) is 7.69. The standard InChI is InChI=1S/C12H11ClN2S/c1-2-10-11(14-7-15-12(10)16)8-3-5-9(13)6-4-8/h3-7H,2H2,1H3,(H,14,15,16). The first-order valence-electron chi connectivity index (χ1n) is 5.05. The van der Waals surface area contributed by atoms with Gasteiger partial charge in [0.15, 0.2) is 0 Å². The van der Waals surface area contributed by atoms with Crippen molar-refractivity contribution in [2.45, 2.75) is 13.3 Å². The molecule has 2 nitrogen and oxygen atoms in total. The zero-order valence-electron chi connectivity index (χ0n) is 8.83. The molecule has 4 heteroatoms. The highest BCUT2D eigenvalue weighted by molar-refractivity contribution is 7.71. The van der Waals surface area contributed by atoms with E-state index in [-0.39, 0.29) is 0 Å². The van der Waals surface area contributed by atoms with Crippen LogP contribution in [0, 0.1) is 4.64 Å². The zero-order chi connectivity index (χ0) is 11.5. The van der Waals surface area contributed by atoms with E-state index >= 15 is 0 Å². The Labute approximate surface area is 104 Å². The van der Waals surface area contributed by atoms with Crippen molar-refractivity contribution < 1.29 is 0 Å². The predicted octanol–water partition coefficient (Wildman–Crippen LogP) is 4.02. The van der Waals surface area contributed by atoms with E-state index in [2.05, 4.69) is 16.9 Å². The van der Waals surface area contributed by atoms with Crippen LogP contribution in [-0.4, -0.2) is 9.97 Å². The first-order chi connectivity index (χ1) is 7.72. The number of nitrogens with zero attached hydrogens (tertiary/aromatic N) is 1. The number of aromatic amines is 1. The van der Waals surface area contributed by atoms with Crippen LogP contribution in [0.4, 0.5) is 0 Å². The van der Waals surface area contributed by atoms with E-state index in [1.165, 1.54) is 0 Å². The van der Waals surface area contributed by atoms with E-state index in [0.717, 1.165) is 28.3 Å². The number of nitrogens with one attached hydrogen (secondary N) is 1. The molecular weight excluding hydrogens is 240 g/mol. The van der Waals surface area contributed by atoms with Gasteiger partial charge in [-0.3, -0.25) is 0 Å². The minimum Gasteiger partial charge on any atom is -0.346 e. The Bertz CT molecular complexity index is 546. The maximum absolute atomic E-state index is 5.86. The van der Waals surface area contributed by atoms with Crippen molar-refractivity contribution in [3.8, 4) is 11.3 Å². The summed E-state index contributed by atoms with van der Waals surface area (Å²) in [5.74, 6) is 0. The molecule has 0 aliphatic carbocycles. The van der Waals surface area contributed by atoms with Crippen molar-refractivity contribution >= 4 is 23.8 Å². The van der Waals surface area contributed by atoms with E-state index in [4.69, 9.17) is 23.8 Å². The lowest BCUT2D eigenvalue weighted by molar-refractivity contribution is 1.04. The van der Waals surface area contributed by atoms with Gasteiger partial charge >= 0.3 is 0 Å². The van der Waals surface area contributed by atoms with Crippen LogP contribution >= 0.6 is 23.8 Å². The van der Waals surface area contributed by atoms with E-state index < -0.39 is 0 Å². The van der Waals surface area contributed by atoms with Gasteiger partial charge in [-0.05, 0) is 24.1 Å². The molecule has 0 aliphatic rings. The van der Waals surface area contributed by atoms with Crippen LogP contribution in [0.15, 0.2) is 30.6 Å². The van der Waals surface area contributed by atoms with Crippen molar-refractivity contribution in [3.63, 3.8) is 0 Å². The molecule has 1 N–H and O–H groups in total. The van der Waals surface area contributed by atoms with Gasteiger partial charge in [0.2, 0.25) is 0 Å². The maximum Gasteiger partial charge on any atom is 0.133 e. The van der Waals surface area contributed by atoms with Crippen LogP contribution in [0.1, 0.15) is 12.5 Å². The Morgan fingerprint density at radius 3 is 2.62 bits per heavy atom. The maximum atomic E-state index is 5.86. The Morgan fingerprint density at radius 1 is 1.31 bits per heavy atom. The molecule has 0 amide bonds. The lowest BCUT2D eigenvalue weighted by Gasteiger charge is -2.07. The number of halogens is 1. The Morgan fingerprint density at radius 2 is 2.00 bits per heavy atom. The third-order valence-corrected chi connectivity index (χ3v) is 3.04. The average Bonchev–Trinajstić information content (AvgIpc) is 2.30. The monoisotopic (exact) mass is 250 g/mol. The quantitative estimate of drug-likeness (QED) is 0.816. The summed E-state index contributed by atoms with van der Waals surface area (Å²) < 4.78 is 0.659. The Hall–Kier alpha value is -1.19. The summed E-state index contributed by atoms with van der Waals surface area (Å²) >= 11 is 11.1. The average molecular weight is 251 g/mol. The number of aromatic nitrogens is 2. The van der Waals surface area contributed by atoms with Crippen molar-refractivity contribution in [3.05, 3.63) is 45.8 Å². The number of hydrogen-bond donors (Lipinski definition) is 1. The molecule has 0 radical (unpaired) electrons. The lowest BCUT2D eigenvalue weighted by Crippen LogP contribution is -1.94. The molecule has 0 saturated heterocycles. The van der Waals surface area contributed by atoms with Crippen LogP contribution in [0.5, 0.6) is 0 Å². The number of H-pyrrole nitrogens is 1. The summed E-state index contributed by atoms with van der Waals surface area (Å²) in [7, 11) is 0. The molecule has 0 unspecified atom stereocenters. The van der Waals surface area contributed by atoms with Crippen molar-refractivity contribution in [2.24, 2.45) is 0 Å². The van der Waals surface area contributed by atoms with Crippen LogP contribution in [-0.2, 0) is 6.42 Å². The summed E-state index contributed by atoms with van der Waals surface area (Å²) in [4.78, 5) is 7.23. The first-order valence-corrected chi connectivity index (χ1v) is 5.83. The summed E-state index contributed by atoms with van der Waals surface area (Å²) in [5, 5.41) is 0.731. The molecule has 0 saturated carbocycles. The second-order valence-electron chi connectivity index (χ2n) is 3.42. The van der Waals surface area contributed by atoms with Gasteiger partial charge < -0.3 is 4.98 Å². The minimum atomic E-state index is 0.659. The highest BCUT2D eigenvalue weighted by atomic mass is 35.5. The van der Waals surface area contributed by atoms with Gasteiger partial charge in [-0.25, -0.2) is 4.98 Å². The normalized spacial score (nSPS) is 10.4. The van der Waals surface area contributed by atoms with Gasteiger partial charge in [-0.15, -0.1) is 0 Å². The van der Waals surface area contributed by atoms with Crippen LogP contribution in [0.25, 0.3) is 11.3 Å². The minimum absolute atomic E-state index is 0.659. The molecule has 1 aromatic carbocycles. The molecule has 16 heavy (non-hydrogen) atoms. The van der Waals surface area contributed by atoms with Gasteiger partial charge in [-0.2, -0.15) is 0 Å². The van der Waals surface area contributed by atoms with Gasteiger partial charge in [0.25, 0.3) is 0 Å². The fraction of sp³-hybridized carbons (Fsp3) is 0.167. The lowest BCUT2D eigenvalue weighted by atomic mass is 10.1. The van der Waals surface area contributed by atoms with Crippen molar-refractivity contribution in [2.75, 3.05) is 0 Å². The highest BCUT2D eigenvalue weighted by Crippen LogP contribution is 2.23. The second-order valence-corrected chi connectivity index (χ2v) is 4.24. The SMILES string of the molecule is CCc1c(-c2ccc(Cl)cc2)[nH]cnc1=S. The van der Waals surface area contributed by atoms with E-state index in [1.54, 1.807) is 6.33 Å². The molecular formula is C12H11ClN2S. The molecule has 82 valence electrons. The number of hydrogen-bond acceptors (Lipinski definition) is 2.